The van der Waals surface area contributed by atoms with E-state index in [1.165, 1.54) is 4.90 Å². The molecular formula is C11H16CuN2O8. The van der Waals surface area contributed by atoms with Gasteiger partial charge in [-0.05, 0) is 0 Å². The van der Waals surface area contributed by atoms with Crippen LogP contribution in [0.5, 0.6) is 0 Å². The molecule has 0 aliphatic rings. The maximum atomic E-state index is 11.3. The van der Waals surface area contributed by atoms with Crippen molar-refractivity contribution in [1.82, 2.24) is 9.80 Å². The monoisotopic (exact) mass is 367 g/mol. The first-order valence-electron chi connectivity index (χ1n) is 5.91. The van der Waals surface area contributed by atoms with Gasteiger partial charge in [0, 0.05) is 0 Å². The van der Waals surface area contributed by atoms with E-state index in [1.807, 2.05) is 0 Å². The summed E-state index contributed by atoms with van der Waals surface area (Å²) in [7, 11) is 0. The normalized spacial score (nSPS) is 10.5. The second kappa shape index (κ2) is 10.9. The first-order chi connectivity index (χ1) is 10.2. The summed E-state index contributed by atoms with van der Waals surface area (Å²) >= 11 is 4.47. The van der Waals surface area contributed by atoms with Gasteiger partial charge < -0.3 is 0 Å². The van der Waals surface area contributed by atoms with Gasteiger partial charge in [-0.3, -0.25) is 0 Å². The molecule has 0 bridgehead atoms. The summed E-state index contributed by atoms with van der Waals surface area (Å²) in [5.41, 5.74) is 0. The topological polar surface area (TPSA) is 145 Å². The number of nitrogens with zero attached hydrogens (tertiary/aromatic N) is 2. The van der Waals surface area contributed by atoms with Crippen LogP contribution < -0.4 is 0 Å². The molecule has 0 spiro atoms. The average Bonchev–Trinajstić information content (AvgIpc) is 2.33. The van der Waals surface area contributed by atoms with Crippen LogP contribution in [0.25, 0.3) is 0 Å². The Morgan fingerprint density at radius 1 is 0.818 bits per heavy atom. The molecule has 22 heavy (non-hydrogen) atoms. The molecule has 0 aromatic carbocycles. The number of ether oxygens (including phenoxy) is 1. The van der Waals surface area contributed by atoms with Crippen molar-refractivity contribution in [3.05, 3.63) is 0 Å². The Bertz CT molecular complexity index is 426. The Labute approximate surface area is 133 Å². The fraction of sp³-hybridized carbons (Fsp3) is 0.545. The fourth-order valence-corrected chi connectivity index (χ4v) is 1.67. The predicted octanol–water partition coefficient (Wildman–Crippen LogP) is -2.31. The van der Waals surface area contributed by atoms with Gasteiger partial charge >= 0.3 is 133 Å². The molecule has 129 valence electrons. The molecule has 11 heteroatoms. The number of carboxylic acid groups (broad SMARTS) is 3. The zero-order valence-electron chi connectivity index (χ0n) is 11.4. The van der Waals surface area contributed by atoms with Crippen molar-refractivity contribution in [2.45, 2.75) is 0 Å². The van der Waals surface area contributed by atoms with Crippen LogP contribution in [0.2, 0.25) is 0 Å². The van der Waals surface area contributed by atoms with E-state index in [1.54, 1.807) is 0 Å². The molecule has 0 aromatic heterocycles. The van der Waals surface area contributed by atoms with E-state index in [0.29, 0.717) is 0 Å². The van der Waals surface area contributed by atoms with Crippen LogP contribution in [0.15, 0.2) is 0 Å². The van der Waals surface area contributed by atoms with Crippen LogP contribution in [0.4, 0.5) is 0 Å². The number of aliphatic carboxylic acids is 3. The summed E-state index contributed by atoms with van der Waals surface area (Å²) in [5, 5.41) is 26.9. The van der Waals surface area contributed by atoms with Crippen LogP contribution in [0, 0.1) is 0 Å². The second-order valence-corrected chi connectivity index (χ2v) is 4.39. The van der Waals surface area contributed by atoms with Gasteiger partial charge in [0.05, 0.1) is 0 Å². The molecule has 0 radical (unpaired) electrons. The third-order valence-corrected chi connectivity index (χ3v) is 2.44. The number of hydrogen-bond acceptors (Lipinski definition) is 7. The van der Waals surface area contributed by atoms with Crippen molar-refractivity contribution in [3.63, 3.8) is 0 Å². The molecular weight excluding hydrogens is 352 g/mol. The van der Waals surface area contributed by atoms with Crippen molar-refractivity contribution < 1.29 is 54.8 Å². The van der Waals surface area contributed by atoms with E-state index in [-0.39, 0.29) is 19.6 Å². The van der Waals surface area contributed by atoms with Gasteiger partial charge in [-0.25, -0.2) is 0 Å². The number of carboxylic acids is 3. The summed E-state index contributed by atoms with van der Waals surface area (Å²) in [4.78, 5) is 45.6. The van der Waals surface area contributed by atoms with Crippen LogP contribution in [-0.2, 0) is 39.5 Å². The molecule has 0 heterocycles. The van der Waals surface area contributed by atoms with Gasteiger partial charge in [0.25, 0.3) is 0 Å². The van der Waals surface area contributed by atoms with E-state index in [4.69, 9.17) is 15.3 Å². The van der Waals surface area contributed by atoms with E-state index in [0.717, 1.165) is 10.0 Å². The first-order valence-corrected chi connectivity index (χ1v) is 6.46. The van der Waals surface area contributed by atoms with E-state index >= 15 is 0 Å². The van der Waals surface area contributed by atoms with Gasteiger partial charge in [0.1, 0.15) is 0 Å². The van der Waals surface area contributed by atoms with Crippen molar-refractivity contribution >= 4 is 29.0 Å². The predicted molar refractivity (Wildman–Crippen MR) is 67.9 cm³/mol. The zero-order valence-corrected chi connectivity index (χ0v) is 12.3. The molecule has 0 fully saturated rings. The number of carbonyl (C=O) groups excluding carboxylic acids is 1. The minimum atomic E-state index is -1.22. The minimum absolute atomic E-state index is 0.0301. The summed E-state index contributed by atoms with van der Waals surface area (Å²) in [6.07, 6.45) is 0. The summed E-state index contributed by atoms with van der Waals surface area (Å²) in [6.45, 7) is -1.97. The van der Waals surface area contributed by atoms with Gasteiger partial charge in [0.15, 0.2) is 0 Å². The van der Waals surface area contributed by atoms with Crippen molar-refractivity contribution in [1.29, 1.82) is 0 Å². The third-order valence-electron chi connectivity index (χ3n) is 2.33. The van der Waals surface area contributed by atoms with E-state index < -0.39 is 43.5 Å². The van der Waals surface area contributed by atoms with Gasteiger partial charge in [-0.2, -0.15) is 0 Å². The summed E-state index contributed by atoms with van der Waals surface area (Å²) in [5.74, 6) is -4.40. The van der Waals surface area contributed by atoms with Crippen LogP contribution in [0.3, 0.4) is 0 Å². The Morgan fingerprint density at radius 3 is 1.50 bits per heavy atom. The molecule has 0 aromatic rings. The van der Waals surface area contributed by atoms with Gasteiger partial charge in [-0.15, -0.1) is 0 Å². The number of rotatable bonds is 12. The quantitative estimate of drug-likeness (QED) is 0.254. The zero-order chi connectivity index (χ0) is 17.1. The molecule has 0 saturated carbocycles. The van der Waals surface area contributed by atoms with Crippen LogP contribution in [-0.4, -0.2) is 93.4 Å². The van der Waals surface area contributed by atoms with Gasteiger partial charge in [-0.1, -0.05) is 0 Å². The molecule has 0 amide bonds. The summed E-state index contributed by atoms with van der Waals surface area (Å²) in [6, 6.07) is 0. The summed E-state index contributed by atoms with van der Waals surface area (Å²) < 4.78 is 4.40. The Hall–Kier alpha value is -1.81. The molecule has 0 aliphatic carbocycles. The standard InChI is InChI=1S/C11H16N2O8.Cu/c1-21-11(20)7-13(6-10(18)19)3-2-12(4-8(14)15)5-9(16)17;/h1H,2-7H2,(H,14,15)(H,16,17)(H,18,19);. The number of esters is 1. The van der Waals surface area contributed by atoms with Gasteiger partial charge in [0.2, 0.25) is 0 Å². The van der Waals surface area contributed by atoms with E-state index in [9.17, 15) is 19.2 Å². The van der Waals surface area contributed by atoms with Crippen molar-refractivity contribution in [2.24, 2.45) is 0 Å². The molecule has 0 atom stereocenters. The Kier molecular flexibility index (Phi) is 9.96. The number of carbonyl (C=O) groups is 4. The molecule has 3 N–H and O–H groups in total. The molecule has 0 saturated heterocycles. The van der Waals surface area contributed by atoms with E-state index in [2.05, 4.69) is 20.3 Å². The van der Waals surface area contributed by atoms with Crippen molar-refractivity contribution in [3.8, 4) is 0 Å². The molecule has 0 unspecified atom stereocenters. The Morgan fingerprint density at radius 2 is 1.18 bits per heavy atom. The van der Waals surface area contributed by atoms with Crippen molar-refractivity contribution in [2.75, 3.05) is 39.3 Å². The SMILES string of the molecule is O=C(O)CN(CCN(CC(=O)O)CC(=O)O[CH]=[Cu])CC(=O)O. The molecule has 10 nitrogen and oxygen atoms in total. The maximum absolute atomic E-state index is 11.3. The van der Waals surface area contributed by atoms with Crippen LogP contribution >= 0.6 is 0 Å². The third kappa shape index (κ3) is 10.9. The average molecular weight is 368 g/mol. The number of hydrogen-bond donors (Lipinski definition) is 3. The Balaban J connectivity index is 4.62. The van der Waals surface area contributed by atoms with Crippen LogP contribution in [0.1, 0.15) is 0 Å². The molecule has 0 rings (SSSR count). The molecule has 0 aliphatic heterocycles. The first kappa shape index (κ1) is 20.2. The second-order valence-electron chi connectivity index (χ2n) is 4.16. The fourth-order valence-electron chi connectivity index (χ4n) is 1.54.